The molecule has 1 heterocycles. The zero-order valence-corrected chi connectivity index (χ0v) is 17.0. The van der Waals surface area contributed by atoms with Crippen molar-refractivity contribution in [2.24, 2.45) is 0 Å². The van der Waals surface area contributed by atoms with E-state index >= 15 is 0 Å². The van der Waals surface area contributed by atoms with Crippen molar-refractivity contribution in [1.82, 2.24) is 9.80 Å². The van der Waals surface area contributed by atoms with E-state index in [4.69, 9.17) is 4.74 Å². The Morgan fingerprint density at radius 1 is 1.23 bits per heavy atom. The minimum atomic E-state index is -0.514. The summed E-state index contributed by atoms with van der Waals surface area (Å²) in [6.07, 6.45) is 0. The van der Waals surface area contributed by atoms with Crippen molar-refractivity contribution < 1.29 is 18.8 Å². The molecule has 1 fully saturated rings. The molecule has 1 aliphatic rings. The van der Waals surface area contributed by atoms with Crippen LogP contribution < -0.4 is 10.1 Å². The third kappa shape index (κ3) is 5.11. The summed E-state index contributed by atoms with van der Waals surface area (Å²) in [7, 11) is 1.56. The van der Waals surface area contributed by atoms with Crippen LogP contribution in [0.1, 0.15) is 12.5 Å². The highest BCUT2D eigenvalue weighted by atomic mass is 19.1. The Balaban J connectivity index is 1.56. The largest absolute Gasteiger partial charge is 0.496 e. The second kappa shape index (κ2) is 9.64. The molecule has 0 bridgehead atoms. The van der Waals surface area contributed by atoms with Crippen molar-refractivity contribution in [1.29, 1.82) is 0 Å². The van der Waals surface area contributed by atoms with Crippen LogP contribution in [-0.4, -0.2) is 60.0 Å². The smallest absolute Gasteiger partial charge is 0.292 e. The van der Waals surface area contributed by atoms with Gasteiger partial charge in [-0.1, -0.05) is 12.1 Å². The second-order valence-corrected chi connectivity index (χ2v) is 7.21. The summed E-state index contributed by atoms with van der Waals surface area (Å²) in [5, 5.41) is 13.8. The lowest BCUT2D eigenvalue weighted by Gasteiger charge is -2.37. The molecule has 3 rings (SSSR count). The van der Waals surface area contributed by atoms with Gasteiger partial charge in [-0.25, -0.2) is 4.39 Å². The number of methoxy groups -OCH3 is 1. The number of para-hydroxylation sites is 2. The predicted molar refractivity (Wildman–Crippen MR) is 111 cm³/mol. The number of hydrogen-bond acceptors (Lipinski definition) is 6. The lowest BCUT2D eigenvalue weighted by molar-refractivity contribution is -0.383. The van der Waals surface area contributed by atoms with Gasteiger partial charge in [-0.2, -0.15) is 0 Å². The number of hydrogen-bond donors (Lipinski definition) is 1. The molecule has 1 aliphatic heterocycles. The maximum atomic E-state index is 13.6. The molecular weight excluding hydrogens is 391 g/mol. The van der Waals surface area contributed by atoms with Gasteiger partial charge in [0.25, 0.3) is 5.69 Å². The van der Waals surface area contributed by atoms with E-state index < -0.39 is 11.0 Å². The maximum Gasteiger partial charge on any atom is 0.292 e. The van der Waals surface area contributed by atoms with Crippen LogP contribution in [0, 0.1) is 15.9 Å². The minimum Gasteiger partial charge on any atom is -0.496 e. The average Bonchev–Trinajstić information content (AvgIpc) is 2.74. The normalized spacial score (nSPS) is 16.1. The molecule has 0 aromatic heterocycles. The number of amides is 1. The summed E-state index contributed by atoms with van der Waals surface area (Å²) in [6, 6.07) is 10.1. The number of ether oxygens (including phenoxy) is 1. The molecule has 1 atom stereocenters. The number of carbonyl (C=O) groups is 1. The molecule has 8 nitrogen and oxygen atoms in total. The zero-order valence-electron chi connectivity index (χ0n) is 17.0. The molecule has 9 heteroatoms. The summed E-state index contributed by atoms with van der Waals surface area (Å²) in [6.45, 7) is 5.08. The fraction of sp³-hybridized carbons (Fsp3) is 0.381. The molecule has 1 amide bonds. The SMILES string of the molecule is COc1ccc(F)cc1CN1CCN([C@H](C)C(=O)Nc2ccccc2[N+](=O)[O-])CC1. The van der Waals surface area contributed by atoms with E-state index in [1.54, 1.807) is 32.2 Å². The second-order valence-electron chi connectivity index (χ2n) is 7.21. The van der Waals surface area contributed by atoms with Crippen molar-refractivity contribution in [2.45, 2.75) is 19.5 Å². The Morgan fingerprint density at radius 3 is 2.60 bits per heavy atom. The first-order valence-electron chi connectivity index (χ1n) is 9.72. The molecule has 0 aliphatic carbocycles. The van der Waals surface area contributed by atoms with Crippen LogP contribution in [0.4, 0.5) is 15.8 Å². The predicted octanol–water partition coefficient (Wildman–Crippen LogP) is 2.89. The van der Waals surface area contributed by atoms with E-state index in [1.807, 2.05) is 4.90 Å². The first-order valence-corrected chi connectivity index (χ1v) is 9.72. The number of nitrogens with zero attached hydrogens (tertiary/aromatic N) is 3. The van der Waals surface area contributed by atoms with Gasteiger partial charge in [-0.15, -0.1) is 0 Å². The maximum absolute atomic E-state index is 13.6. The van der Waals surface area contributed by atoms with Gasteiger partial charge in [0.1, 0.15) is 17.3 Å². The molecule has 2 aromatic carbocycles. The van der Waals surface area contributed by atoms with Crippen LogP contribution in [0.5, 0.6) is 5.75 Å². The molecule has 0 radical (unpaired) electrons. The number of nitrogens with one attached hydrogen (secondary N) is 1. The summed E-state index contributed by atoms with van der Waals surface area (Å²) < 4.78 is 18.9. The average molecular weight is 416 g/mol. The quantitative estimate of drug-likeness (QED) is 0.552. The fourth-order valence-corrected chi connectivity index (χ4v) is 3.56. The summed E-state index contributed by atoms with van der Waals surface area (Å²) in [4.78, 5) is 27.5. The number of rotatable bonds is 7. The van der Waals surface area contributed by atoms with Gasteiger partial charge in [0.2, 0.25) is 5.91 Å². The molecule has 1 N–H and O–H groups in total. The van der Waals surface area contributed by atoms with Crippen LogP contribution in [0.3, 0.4) is 0 Å². The lowest BCUT2D eigenvalue weighted by atomic mass is 10.1. The van der Waals surface area contributed by atoms with Gasteiger partial charge in [-0.3, -0.25) is 24.7 Å². The van der Waals surface area contributed by atoms with E-state index in [0.29, 0.717) is 38.5 Å². The van der Waals surface area contributed by atoms with Gasteiger partial charge >= 0.3 is 0 Å². The van der Waals surface area contributed by atoms with Crippen LogP contribution in [-0.2, 0) is 11.3 Å². The summed E-state index contributed by atoms with van der Waals surface area (Å²) >= 11 is 0. The molecule has 0 spiro atoms. The van der Waals surface area contributed by atoms with Gasteiger partial charge in [0, 0.05) is 44.4 Å². The van der Waals surface area contributed by atoms with E-state index in [0.717, 1.165) is 5.56 Å². The molecule has 160 valence electrons. The Kier molecular flexibility index (Phi) is 6.96. The molecule has 0 unspecified atom stereocenters. The first-order chi connectivity index (χ1) is 14.4. The van der Waals surface area contributed by atoms with Gasteiger partial charge in [-0.05, 0) is 31.2 Å². The van der Waals surface area contributed by atoms with Crippen molar-refractivity contribution in [2.75, 3.05) is 38.6 Å². The number of nitro groups is 1. The van der Waals surface area contributed by atoms with Crippen molar-refractivity contribution in [3.05, 3.63) is 64.0 Å². The standard InChI is InChI=1S/C21H25FN4O4/c1-15(21(27)23-18-5-3-4-6-19(18)26(28)29)25-11-9-24(10-12-25)14-16-13-17(22)7-8-20(16)30-2/h3-8,13,15H,9-12,14H2,1-2H3,(H,23,27)/t15-/m1/s1. The number of anilines is 1. The summed E-state index contributed by atoms with van der Waals surface area (Å²) in [5.74, 6) is 0.0605. The Labute approximate surface area is 174 Å². The highest BCUT2D eigenvalue weighted by Crippen LogP contribution is 2.24. The number of benzene rings is 2. The van der Waals surface area contributed by atoms with Crippen molar-refractivity contribution in [3.8, 4) is 5.75 Å². The number of halogens is 1. The first kappa shape index (κ1) is 21.7. The Hall–Kier alpha value is -3.04. The lowest BCUT2D eigenvalue weighted by Crippen LogP contribution is -2.52. The molecule has 30 heavy (non-hydrogen) atoms. The number of piperazine rings is 1. The van der Waals surface area contributed by atoms with E-state index in [9.17, 15) is 19.3 Å². The Morgan fingerprint density at radius 2 is 1.93 bits per heavy atom. The minimum absolute atomic E-state index is 0.132. The van der Waals surface area contributed by atoms with Crippen molar-refractivity contribution in [3.63, 3.8) is 0 Å². The van der Waals surface area contributed by atoms with E-state index in [2.05, 4.69) is 10.2 Å². The van der Waals surface area contributed by atoms with Gasteiger partial charge in [0.15, 0.2) is 0 Å². The summed E-state index contributed by atoms with van der Waals surface area (Å²) in [5.41, 5.74) is 0.844. The molecule has 0 saturated carbocycles. The Bertz CT molecular complexity index is 916. The highest BCUT2D eigenvalue weighted by Gasteiger charge is 2.27. The topological polar surface area (TPSA) is 88.0 Å². The van der Waals surface area contributed by atoms with Crippen LogP contribution in [0.2, 0.25) is 0 Å². The van der Waals surface area contributed by atoms with Gasteiger partial charge in [0.05, 0.1) is 18.1 Å². The van der Waals surface area contributed by atoms with Crippen LogP contribution in [0.25, 0.3) is 0 Å². The van der Waals surface area contributed by atoms with Crippen LogP contribution >= 0.6 is 0 Å². The number of nitro benzene ring substituents is 1. The van der Waals surface area contributed by atoms with Crippen molar-refractivity contribution >= 4 is 17.3 Å². The molecular formula is C21H25FN4O4. The van der Waals surface area contributed by atoms with E-state index in [1.165, 1.54) is 24.3 Å². The number of carbonyl (C=O) groups excluding carboxylic acids is 1. The van der Waals surface area contributed by atoms with Gasteiger partial charge < -0.3 is 10.1 Å². The highest BCUT2D eigenvalue weighted by molar-refractivity contribution is 5.96. The molecule has 1 saturated heterocycles. The van der Waals surface area contributed by atoms with Crippen LogP contribution in [0.15, 0.2) is 42.5 Å². The third-order valence-electron chi connectivity index (χ3n) is 5.33. The fourth-order valence-electron chi connectivity index (χ4n) is 3.56. The monoisotopic (exact) mass is 416 g/mol. The van der Waals surface area contributed by atoms with E-state index in [-0.39, 0.29) is 23.1 Å². The zero-order chi connectivity index (χ0) is 21.7. The third-order valence-corrected chi connectivity index (χ3v) is 5.33. The molecule has 2 aromatic rings.